The molecule has 0 radical (unpaired) electrons. The molecular weight excluding hydrogens is 362 g/mol. The SMILES string of the molecule is CCc1cc(NC(C)=O)ccc1S(=O)(=O)Nc1cccc(C(C)(F)F)c1. The number of carbonyl (C=O) groups excluding carboxylic acids is 1. The molecule has 0 saturated carbocycles. The lowest BCUT2D eigenvalue weighted by atomic mass is 10.1. The van der Waals surface area contributed by atoms with Crippen LogP contribution in [0.25, 0.3) is 0 Å². The first-order valence-corrected chi connectivity index (χ1v) is 9.43. The molecule has 26 heavy (non-hydrogen) atoms. The molecule has 2 aromatic carbocycles. The Hall–Kier alpha value is -2.48. The van der Waals surface area contributed by atoms with Crippen LogP contribution in [-0.2, 0) is 27.2 Å². The zero-order valence-electron chi connectivity index (χ0n) is 14.6. The van der Waals surface area contributed by atoms with Crippen molar-refractivity contribution >= 4 is 27.3 Å². The molecular formula is C18H20F2N2O3S. The Morgan fingerprint density at radius 2 is 1.81 bits per heavy atom. The minimum atomic E-state index is -3.97. The highest BCUT2D eigenvalue weighted by Crippen LogP contribution is 2.30. The summed E-state index contributed by atoms with van der Waals surface area (Å²) in [6.45, 7) is 3.88. The lowest BCUT2D eigenvalue weighted by Crippen LogP contribution is -2.16. The average molecular weight is 382 g/mol. The molecule has 0 aliphatic heterocycles. The van der Waals surface area contributed by atoms with Gasteiger partial charge in [0.2, 0.25) is 5.91 Å². The van der Waals surface area contributed by atoms with Gasteiger partial charge in [-0.2, -0.15) is 0 Å². The number of hydrogen-bond acceptors (Lipinski definition) is 3. The fourth-order valence-electron chi connectivity index (χ4n) is 2.46. The first-order valence-electron chi connectivity index (χ1n) is 7.94. The van der Waals surface area contributed by atoms with Crippen molar-refractivity contribution in [2.75, 3.05) is 10.0 Å². The molecule has 2 rings (SSSR count). The molecule has 2 aromatic rings. The van der Waals surface area contributed by atoms with Gasteiger partial charge in [-0.15, -0.1) is 0 Å². The third kappa shape index (κ3) is 4.78. The van der Waals surface area contributed by atoms with Gasteiger partial charge >= 0.3 is 0 Å². The second-order valence-corrected chi connectivity index (χ2v) is 7.58. The molecule has 2 N–H and O–H groups in total. The van der Waals surface area contributed by atoms with E-state index < -0.39 is 15.9 Å². The Balaban J connectivity index is 2.37. The Labute approximate surface area is 151 Å². The second-order valence-electron chi connectivity index (χ2n) is 5.93. The van der Waals surface area contributed by atoms with Gasteiger partial charge in [0, 0.05) is 30.8 Å². The van der Waals surface area contributed by atoms with E-state index in [1.807, 2.05) is 0 Å². The van der Waals surface area contributed by atoms with Crippen molar-refractivity contribution in [2.24, 2.45) is 0 Å². The molecule has 8 heteroatoms. The smallest absolute Gasteiger partial charge is 0.270 e. The van der Waals surface area contributed by atoms with Gasteiger partial charge < -0.3 is 5.32 Å². The van der Waals surface area contributed by atoms with Gasteiger partial charge in [0.1, 0.15) is 0 Å². The van der Waals surface area contributed by atoms with E-state index in [0.29, 0.717) is 17.7 Å². The molecule has 0 bridgehead atoms. The summed E-state index contributed by atoms with van der Waals surface area (Å²) in [6.07, 6.45) is 0.413. The molecule has 0 aromatic heterocycles. The molecule has 1 amide bonds. The molecule has 0 fully saturated rings. The van der Waals surface area contributed by atoms with Crippen LogP contribution in [0.2, 0.25) is 0 Å². The standard InChI is InChI=1S/C18H20F2N2O3S/c1-4-13-10-15(21-12(2)23)8-9-17(13)26(24,25)22-16-7-5-6-14(11-16)18(3,19)20/h5-11,22H,4H2,1-3H3,(H,21,23). The molecule has 5 nitrogen and oxygen atoms in total. The van der Waals surface area contributed by atoms with Crippen molar-refractivity contribution in [3.8, 4) is 0 Å². The van der Waals surface area contributed by atoms with Crippen LogP contribution in [0.15, 0.2) is 47.4 Å². The third-order valence-electron chi connectivity index (χ3n) is 3.67. The van der Waals surface area contributed by atoms with E-state index in [1.165, 1.54) is 37.3 Å². The molecule has 0 spiro atoms. The summed E-state index contributed by atoms with van der Waals surface area (Å²) in [7, 11) is -3.97. The lowest BCUT2D eigenvalue weighted by Gasteiger charge is -2.15. The number of rotatable bonds is 6. The van der Waals surface area contributed by atoms with Gasteiger partial charge in [-0.25, -0.2) is 17.2 Å². The Morgan fingerprint density at radius 3 is 2.38 bits per heavy atom. The first-order chi connectivity index (χ1) is 12.0. The van der Waals surface area contributed by atoms with E-state index in [2.05, 4.69) is 10.0 Å². The minimum absolute atomic E-state index is 0.0303. The van der Waals surface area contributed by atoms with E-state index >= 15 is 0 Å². The van der Waals surface area contributed by atoms with Crippen molar-refractivity contribution in [1.82, 2.24) is 0 Å². The molecule has 0 unspecified atom stereocenters. The van der Waals surface area contributed by atoms with Crippen LogP contribution in [0.3, 0.4) is 0 Å². The van der Waals surface area contributed by atoms with Crippen molar-refractivity contribution < 1.29 is 22.0 Å². The fraction of sp³-hybridized carbons (Fsp3) is 0.278. The van der Waals surface area contributed by atoms with Gasteiger partial charge in [-0.3, -0.25) is 9.52 Å². The first kappa shape index (κ1) is 19.8. The number of halogens is 2. The van der Waals surface area contributed by atoms with Gasteiger partial charge in [-0.1, -0.05) is 19.1 Å². The molecule has 0 heterocycles. The average Bonchev–Trinajstić information content (AvgIpc) is 2.53. The summed E-state index contributed by atoms with van der Waals surface area (Å²) in [5.41, 5.74) is 0.757. The zero-order chi connectivity index (χ0) is 19.5. The summed E-state index contributed by atoms with van der Waals surface area (Å²) in [5, 5.41) is 2.59. The summed E-state index contributed by atoms with van der Waals surface area (Å²) in [6, 6.07) is 9.55. The van der Waals surface area contributed by atoms with Gasteiger partial charge in [0.05, 0.1) is 4.90 Å². The van der Waals surface area contributed by atoms with E-state index in [-0.39, 0.29) is 22.1 Å². The van der Waals surface area contributed by atoms with Crippen molar-refractivity contribution in [3.63, 3.8) is 0 Å². The number of amides is 1. The van der Waals surface area contributed by atoms with E-state index in [9.17, 15) is 22.0 Å². The summed E-state index contributed by atoms with van der Waals surface area (Å²) in [4.78, 5) is 11.2. The van der Waals surface area contributed by atoms with Crippen LogP contribution in [0.5, 0.6) is 0 Å². The topological polar surface area (TPSA) is 75.3 Å². The Kier molecular flexibility index (Phi) is 5.65. The number of alkyl halides is 2. The maximum absolute atomic E-state index is 13.4. The van der Waals surface area contributed by atoms with Crippen LogP contribution in [0, 0.1) is 0 Å². The van der Waals surface area contributed by atoms with Gasteiger partial charge in [0.25, 0.3) is 15.9 Å². The van der Waals surface area contributed by atoms with E-state index in [0.717, 1.165) is 13.0 Å². The second kappa shape index (κ2) is 7.41. The highest BCUT2D eigenvalue weighted by Gasteiger charge is 2.25. The summed E-state index contributed by atoms with van der Waals surface area (Å²) in [5.74, 6) is -3.34. The van der Waals surface area contributed by atoms with Crippen molar-refractivity contribution in [2.45, 2.75) is 38.0 Å². The Morgan fingerprint density at radius 1 is 1.12 bits per heavy atom. The molecule has 140 valence electrons. The maximum Gasteiger partial charge on any atom is 0.270 e. The van der Waals surface area contributed by atoms with Crippen LogP contribution in [-0.4, -0.2) is 14.3 Å². The number of anilines is 2. The fourth-order valence-corrected chi connectivity index (χ4v) is 3.81. The van der Waals surface area contributed by atoms with Crippen molar-refractivity contribution in [3.05, 3.63) is 53.6 Å². The number of benzene rings is 2. The van der Waals surface area contributed by atoms with E-state index in [4.69, 9.17) is 0 Å². The minimum Gasteiger partial charge on any atom is -0.326 e. The Bertz CT molecular complexity index is 922. The lowest BCUT2D eigenvalue weighted by molar-refractivity contribution is -0.114. The highest BCUT2D eigenvalue weighted by atomic mass is 32.2. The monoisotopic (exact) mass is 382 g/mol. The predicted molar refractivity (Wildman–Crippen MR) is 96.9 cm³/mol. The number of aryl methyl sites for hydroxylation is 1. The maximum atomic E-state index is 13.4. The molecule has 0 aliphatic rings. The number of nitrogens with one attached hydrogen (secondary N) is 2. The number of hydrogen-bond donors (Lipinski definition) is 2. The van der Waals surface area contributed by atoms with E-state index in [1.54, 1.807) is 13.0 Å². The van der Waals surface area contributed by atoms with Gasteiger partial charge in [-0.05, 0) is 42.3 Å². The quantitative estimate of drug-likeness (QED) is 0.789. The van der Waals surface area contributed by atoms with Crippen LogP contribution in [0.1, 0.15) is 31.9 Å². The normalized spacial score (nSPS) is 11.9. The van der Waals surface area contributed by atoms with Crippen LogP contribution >= 0.6 is 0 Å². The summed E-state index contributed by atoms with van der Waals surface area (Å²) >= 11 is 0. The number of sulfonamides is 1. The molecule has 0 aliphatic carbocycles. The summed E-state index contributed by atoms with van der Waals surface area (Å²) < 4.78 is 54.6. The molecule has 0 atom stereocenters. The van der Waals surface area contributed by atoms with Crippen LogP contribution in [0.4, 0.5) is 20.2 Å². The molecule has 0 saturated heterocycles. The predicted octanol–water partition coefficient (Wildman–Crippen LogP) is 4.12. The van der Waals surface area contributed by atoms with Gasteiger partial charge in [0.15, 0.2) is 0 Å². The van der Waals surface area contributed by atoms with Crippen LogP contribution < -0.4 is 10.0 Å². The largest absolute Gasteiger partial charge is 0.326 e. The number of carbonyl (C=O) groups is 1. The third-order valence-corrected chi connectivity index (χ3v) is 5.15. The van der Waals surface area contributed by atoms with Crippen molar-refractivity contribution in [1.29, 1.82) is 0 Å². The highest BCUT2D eigenvalue weighted by molar-refractivity contribution is 7.92. The zero-order valence-corrected chi connectivity index (χ0v) is 15.5.